The van der Waals surface area contributed by atoms with Gasteiger partial charge in [-0.3, -0.25) is 4.79 Å². The molecule has 0 radical (unpaired) electrons. The van der Waals surface area contributed by atoms with Gasteiger partial charge in [0.05, 0.1) is 38.8 Å². The second-order valence-corrected chi connectivity index (χ2v) is 22.3. The number of ether oxygens (including phenoxy) is 17. The summed E-state index contributed by atoms with van der Waals surface area (Å²) in [5.74, 6) is -5.59. The van der Waals surface area contributed by atoms with Crippen LogP contribution in [-0.4, -0.2) is 201 Å². The number of hydrogen-bond acceptors (Lipinski definition) is 24. The van der Waals surface area contributed by atoms with Gasteiger partial charge in [0, 0.05) is 55.7 Å². The number of esters is 2. The Hall–Kier alpha value is -5.76. The van der Waals surface area contributed by atoms with Crippen LogP contribution in [0.1, 0.15) is 34.2 Å². The fraction of sp³-hybridized carbons (Fsp3) is 0.522. The Bertz CT molecular complexity index is 2910. The molecule has 496 valence electrons. The average molecular weight is 1270 g/mol. The quantitative estimate of drug-likeness (QED) is 0.0209. The zero-order valence-corrected chi connectivity index (χ0v) is 52.0. The van der Waals surface area contributed by atoms with E-state index in [1.807, 2.05) is 127 Å². The standard InChI is InChI=1S/C67H84O24/c1-73-39-47-53(88-65-60(77-5)56(76-4)52(70)57(89-65)62(71)83-37-44-29-19-11-20-30-44)51(69)58(81-35-42-25-15-9-16-26-42)66(86-47)90-67(79-7)46(33-49(68)80-34-41-23-13-8-14-24-41)50(67)55(75-3)63(72)87-54-48(40-74-2)85-64(78-6)61(82-36-43-27-17-10-18-28-43)59(54)91-84-38-45-31-21-12-22-32-45/h8-32,46-48,50-61,63-66,69-70,72H,33-40H2,1-7H3/t46-,47?,48?,50+,51+,52+,53-,54-,55?,56?,57?,58?,59?,60?,61?,63-,64+,65-,66+,67?/m1/s1. The first-order valence-electron chi connectivity index (χ1n) is 30.1. The minimum Gasteiger partial charge on any atom is -0.461 e. The molecule has 20 atom stereocenters. The zero-order valence-electron chi connectivity index (χ0n) is 52.0. The first-order valence-corrected chi connectivity index (χ1v) is 30.1. The maximum Gasteiger partial charge on any atom is 0.338 e. The largest absolute Gasteiger partial charge is 0.461 e. The summed E-state index contributed by atoms with van der Waals surface area (Å²) < 4.78 is 106. The molecule has 1 aliphatic carbocycles. The number of aliphatic hydroxyl groups excluding tert-OH is 3. The second kappa shape index (κ2) is 34.4. The van der Waals surface area contributed by atoms with E-state index >= 15 is 0 Å². The van der Waals surface area contributed by atoms with Crippen LogP contribution < -0.4 is 0 Å². The van der Waals surface area contributed by atoms with Gasteiger partial charge in [-0.05, 0) is 27.8 Å². The second-order valence-electron chi connectivity index (χ2n) is 22.3. The number of benzene rings is 5. The van der Waals surface area contributed by atoms with Crippen molar-refractivity contribution in [2.45, 2.75) is 150 Å². The topological polar surface area (TPSA) is 270 Å². The van der Waals surface area contributed by atoms with Crippen LogP contribution in [0.2, 0.25) is 0 Å². The highest BCUT2D eigenvalue weighted by Crippen LogP contribution is 2.60. The maximum atomic E-state index is 14.2. The summed E-state index contributed by atoms with van der Waals surface area (Å²) in [5, 5.41) is 37.1. The minimum atomic E-state index is -1.92. The first kappa shape index (κ1) is 69.6. The predicted octanol–water partition coefficient (Wildman–Crippen LogP) is 5.13. The van der Waals surface area contributed by atoms with Crippen molar-refractivity contribution in [1.82, 2.24) is 0 Å². The van der Waals surface area contributed by atoms with E-state index in [4.69, 9.17) is 90.3 Å². The van der Waals surface area contributed by atoms with E-state index in [1.165, 1.54) is 49.8 Å². The van der Waals surface area contributed by atoms with Crippen molar-refractivity contribution in [2.24, 2.45) is 11.8 Å². The molecule has 4 fully saturated rings. The molecule has 4 aliphatic rings. The smallest absolute Gasteiger partial charge is 0.338 e. The highest BCUT2D eigenvalue weighted by molar-refractivity contribution is 5.76. The van der Waals surface area contributed by atoms with Gasteiger partial charge in [-0.25, -0.2) is 14.6 Å². The molecule has 24 nitrogen and oxygen atoms in total. The van der Waals surface area contributed by atoms with Gasteiger partial charge < -0.3 is 95.8 Å². The molecular formula is C67H84O24. The number of methoxy groups -OCH3 is 7. The third-order valence-corrected chi connectivity index (χ3v) is 16.5. The average Bonchev–Trinajstić information content (AvgIpc) is 1.54. The molecule has 10 unspecified atom stereocenters. The van der Waals surface area contributed by atoms with Gasteiger partial charge in [0.25, 0.3) is 0 Å². The zero-order chi connectivity index (χ0) is 64.3. The van der Waals surface area contributed by atoms with Crippen LogP contribution >= 0.6 is 0 Å². The lowest BCUT2D eigenvalue weighted by molar-refractivity contribution is -0.418. The lowest BCUT2D eigenvalue weighted by Gasteiger charge is -2.48. The summed E-state index contributed by atoms with van der Waals surface area (Å²) in [6.07, 6.45) is -23.8. The Morgan fingerprint density at radius 1 is 0.505 bits per heavy atom. The van der Waals surface area contributed by atoms with Crippen molar-refractivity contribution >= 4 is 11.9 Å². The molecule has 5 aromatic rings. The fourth-order valence-electron chi connectivity index (χ4n) is 11.9. The van der Waals surface area contributed by atoms with E-state index in [0.717, 1.165) is 16.7 Å². The van der Waals surface area contributed by atoms with E-state index in [-0.39, 0.29) is 52.7 Å². The van der Waals surface area contributed by atoms with E-state index in [2.05, 4.69) is 0 Å². The van der Waals surface area contributed by atoms with Crippen molar-refractivity contribution in [3.8, 4) is 0 Å². The maximum absolute atomic E-state index is 14.2. The van der Waals surface area contributed by atoms with E-state index < -0.39 is 134 Å². The SMILES string of the molecule is COCC1O[C@H](OC)C(OCc2ccccc2)C(OOCc2ccccc2)[C@@H]1O[C@@H](O)C(OC)[C@@H]1[C@@H](CC(=O)OCc2ccccc2)C1(OC)O[C@@H]1OC(COC)[C@@H](O[C@@H]2OC(C(=O)OCc3ccccc3)[C@@H](O)C(OC)C2OC)[C@H](O)C1OCc1ccccc1. The van der Waals surface area contributed by atoms with Gasteiger partial charge in [-0.2, -0.15) is 0 Å². The summed E-state index contributed by atoms with van der Waals surface area (Å²) in [6.45, 7) is -0.510. The van der Waals surface area contributed by atoms with Gasteiger partial charge in [0.1, 0.15) is 87.0 Å². The Balaban J connectivity index is 1.03. The van der Waals surface area contributed by atoms with Gasteiger partial charge in [-0.15, -0.1) is 0 Å². The van der Waals surface area contributed by atoms with Crippen LogP contribution in [-0.2, 0) is 133 Å². The molecule has 5 aromatic carbocycles. The number of hydrogen-bond donors (Lipinski definition) is 3. The molecule has 3 aliphatic heterocycles. The third kappa shape index (κ3) is 17.5. The Labute approximate surface area is 529 Å². The lowest BCUT2D eigenvalue weighted by atomic mass is 9.96. The minimum absolute atomic E-state index is 0.0169. The van der Waals surface area contributed by atoms with Crippen molar-refractivity contribution in [1.29, 1.82) is 0 Å². The molecule has 9 rings (SSSR count). The van der Waals surface area contributed by atoms with Crippen LogP contribution in [0.3, 0.4) is 0 Å². The van der Waals surface area contributed by atoms with Crippen LogP contribution in [0.15, 0.2) is 152 Å². The van der Waals surface area contributed by atoms with Crippen molar-refractivity contribution in [3.63, 3.8) is 0 Å². The molecule has 0 spiro atoms. The Kier molecular flexibility index (Phi) is 26.3. The summed E-state index contributed by atoms with van der Waals surface area (Å²) in [6, 6.07) is 46.0. The molecule has 24 heteroatoms. The highest BCUT2D eigenvalue weighted by atomic mass is 17.2. The van der Waals surface area contributed by atoms with Crippen LogP contribution in [0.5, 0.6) is 0 Å². The summed E-state index contributed by atoms with van der Waals surface area (Å²) in [7, 11) is 9.71. The molecule has 3 saturated heterocycles. The number of aliphatic hydroxyl groups is 3. The number of carbonyl (C=O) groups is 2. The Morgan fingerprint density at radius 3 is 1.51 bits per heavy atom. The molecule has 0 bridgehead atoms. The van der Waals surface area contributed by atoms with Crippen LogP contribution in [0.4, 0.5) is 0 Å². The van der Waals surface area contributed by atoms with E-state index in [0.29, 0.717) is 11.1 Å². The van der Waals surface area contributed by atoms with Crippen LogP contribution in [0, 0.1) is 11.8 Å². The fourth-order valence-corrected chi connectivity index (χ4v) is 11.9. The van der Waals surface area contributed by atoms with Crippen molar-refractivity contribution in [2.75, 3.05) is 63.0 Å². The van der Waals surface area contributed by atoms with Gasteiger partial charge >= 0.3 is 11.9 Å². The molecular weight excluding hydrogens is 1190 g/mol. The summed E-state index contributed by atoms with van der Waals surface area (Å²) >= 11 is 0. The molecule has 0 aromatic heterocycles. The van der Waals surface area contributed by atoms with E-state index in [1.54, 1.807) is 24.3 Å². The monoisotopic (exact) mass is 1270 g/mol. The molecule has 3 heterocycles. The van der Waals surface area contributed by atoms with Gasteiger partial charge in [0.15, 0.2) is 43.2 Å². The predicted molar refractivity (Wildman–Crippen MR) is 318 cm³/mol. The van der Waals surface area contributed by atoms with Gasteiger partial charge in [0.2, 0.25) is 0 Å². The lowest BCUT2D eigenvalue weighted by Crippen LogP contribution is -2.66. The third-order valence-electron chi connectivity index (χ3n) is 16.5. The van der Waals surface area contributed by atoms with Crippen LogP contribution in [0.25, 0.3) is 0 Å². The molecule has 1 saturated carbocycles. The van der Waals surface area contributed by atoms with Crippen molar-refractivity contribution < 1.29 is 115 Å². The molecule has 3 N–H and O–H groups in total. The number of rotatable bonds is 34. The summed E-state index contributed by atoms with van der Waals surface area (Å²) in [5.41, 5.74) is 3.76. The number of carbonyl (C=O) groups excluding carboxylic acids is 2. The Morgan fingerprint density at radius 2 is 1.00 bits per heavy atom. The summed E-state index contributed by atoms with van der Waals surface area (Å²) in [4.78, 5) is 40.2. The van der Waals surface area contributed by atoms with E-state index in [9.17, 15) is 24.9 Å². The first-order chi connectivity index (χ1) is 44.4. The van der Waals surface area contributed by atoms with Crippen molar-refractivity contribution in [3.05, 3.63) is 179 Å². The van der Waals surface area contributed by atoms with Gasteiger partial charge in [-0.1, -0.05) is 152 Å². The molecule has 91 heavy (non-hydrogen) atoms. The highest BCUT2D eigenvalue weighted by Gasteiger charge is 2.74. The normalized spacial score (nSPS) is 31.3. The molecule has 0 amide bonds.